The van der Waals surface area contributed by atoms with E-state index in [0.29, 0.717) is 19.8 Å². The third kappa shape index (κ3) is 4.71. The Hall–Kier alpha value is -0.160. The molecule has 112 valence electrons. The van der Waals surface area contributed by atoms with E-state index in [4.69, 9.17) is 9.47 Å². The fraction of sp³-hybridized carbons (Fsp3) is 1.00. The van der Waals surface area contributed by atoms with Crippen LogP contribution < -0.4 is 0 Å². The molecule has 1 N–H and O–H groups in total. The van der Waals surface area contributed by atoms with Crippen molar-refractivity contribution in [1.29, 1.82) is 0 Å². The first-order valence-corrected chi connectivity index (χ1v) is 7.80. The molecule has 0 radical (unpaired) electrons. The van der Waals surface area contributed by atoms with Crippen molar-refractivity contribution in [2.75, 3.05) is 40.0 Å². The molecule has 0 aromatic heterocycles. The first-order valence-electron chi connectivity index (χ1n) is 7.80. The van der Waals surface area contributed by atoms with Crippen molar-refractivity contribution in [3.05, 3.63) is 0 Å². The number of β-amino-alcohol motifs (C(OH)–C–C–N with tert-alkyl or cyclic N) is 1. The summed E-state index contributed by atoms with van der Waals surface area (Å²) < 4.78 is 10.3. The van der Waals surface area contributed by atoms with Crippen molar-refractivity contribution in [1.82, 2.24) is 4.90 Å². The quantitative estimate of drug-likeness (QED) is 0.715. The Morgan fingerprint density at radius 1 is 1.16 bits per heavy atom. The van der Waals surface area contributed by atoms with E-state index < -0.39 is 0 Å². The van der Waals surface area contributed by atoms with Gasteiger partial charge in [-0.2, -0.15) is 0 Å². The lowest BCUT2D eigenvalue weighted by molar-refractivity contribution is -0.0245. The number of aliphatic hydroxyl groups excluding tert-OH is 1. The molecule has 1 aliphatic heterocycles. The summed E-state index contributed by atoms with van der Waals surface area (Å²) in [6, 6.07) is 0.719. The second-order valence-electron chi connectivity index (χ2n) is 5.97. The van der Waals surface area contributed by atoms with Crippen molar-refractivity contribution in [3.63, 3.8) is 0 Å². The van der Waals surface area contributed by atoms with Crippen molar-refractivity contribution in [3.8, 4) is 0 Å². The van der Waals surface area contributed by atoms with Crippen LogP contribution in [0.3, 0.4) is 0 Å². The maximum atomic E-state index is 10.1. The molecular formula is C15H29NO3. The number of ether oxygens (including phenoxy) is 2. The second-order valence-corrected chi connectivity index (χ2v) is 5.97. The van der Waals surface area contributed by atoms with E-state index in [-0.39, 0.29) is 6.10 Å². The number of fused-ring (bicyclic) bond motifs is 1. The van der Waals surface area contributed by atoms with Gasteiger partial charge in [0, 0.05) is 19.7 Å². The zero-order valence-electron chi connectivity index (χ0n) is 12.2. The molecule has 3 atom stereocenters. The van der Waals surface area contributed by atoms with Gasteiger partial charge in [0.2, 0.25) is 0 Å². The molecule has 1 saturated heterocycles. The van der Waals surface area contributed by atoms with E-state index >= 15 is 0 Å². The molecule has 2 aliphatic rings. The van der Waals surface area contributed by atoms with Crippen LogP contribution >= 0.6 is 0 Å². The van der Waals surface area contributed by atoms with Gasteiger partial charge in [-0.1, -0.05) is 12.8 Å². The lowest BCUT2D eigenvalue weighted by atomic mass is 9.78. The highest BCUT2D eigenvalue weighted by molar-refractivity contribution is 4.88. The first kappa shape index (κ1) is 15.2. The highest BCUT2D eigenvalue weighted by atomic mass is 16.5. The largest absolute Gasteiger partial charge is 0.389 e. The van der Waals surface area contributed by atoms with Gasteiger partial charge in [-0.3, -0.25) is 4.90 Å². The lowest BCUT2D eigenvalue weighted by Gasteiger charge is -2.44. The monoisotopic (exact) mass is 271 g/mol. The van der Waals surface area contributed by atoms with E-state index in [2.05, 4.69) is 4.90 Å². The zero-order chi connectivity index (χ0) is 13.5. The first-order chi connectivity index (χ1) is 9.31. The fourth-order valence-electron chi connectivity index (χ4n) is 3.64. The van der Waals surface area contributed by atoms with Crippen LogP contribution in [0.15, 0.2) is 0 Å². The van der Waals surface area contributed by atoms with E-state index in [9.17, 15) is 5.11 Å². The Kier molecular flexibility index (Phi) is 6.57. The number of hydrogen-bond acceptors (Lipinski definition) is 4. The molecule has 1 heterocycles. The van der Waals surface area contributed by atoms with Crippen LogP contribution in [0.2, 0.25) is 0 Å². The summed E-state index contributed by atoms with van der Waals surface area (Å²) in [4.78, 5) is 2.51. The van der Waals surface area contributed by atoms with Crippen molar-refractivity contribution in [2.45, 2.75) is 50.7 Å². The summed E-state index contributed by atoms with van der Waals surface area (Å²) in [5, 5.41) is 10.1. The molecule has 2 fully saturated rings. The molecule has 0 bridgehead atoms. The Labute approximate surface area is 117 Å². The van der Waals surface area contributed by atoms with Gasteiger partial charge in [-0.25, -0.2) is 0 Å². The Morgan fingerprint density at radius 2 is 1.95 bits per heavy atom. The van der Waals surface area contributed by atoms with Gasteiger partial charge in [-0.15, -0.1) is 0 Å². The lowest BCUT2D eigenvalue weighted by Crippen LogP contribution is -2.50. The molecule has 0 aromatic rings. The predicted molar refractivity (Wildman–Crippen MR) is 75.3 cm³/mol. The summed E-state index contributed by atoms with van der Waals surface area (Å²) in [6.45, 7) is 3.52. The number of nitrogens with zero attached hydrogens (tertiary/aromatic N) is 1. The SMILES string of the molecule is COCCOCC(O)CN1CCCC2CCCCC21. The second kappa shape index (κ2) is 8.20. The minimum atomic E-state index is -0.363. The van der Waals surface area contributed by atoms with Crippen molar-refractivity contribution < 1.29 is 14.6 Å². The summed E-state index contributed by atoms with van der Waals surface area (Å²) >= 11 is 0. The highest BCUT2D eigenvalue weighted by Gasteiger charge is 2.33. The van der Waals surface area contributed by atoms with Crippen LogP contribution in [-0.4, -0.2) is 62.2 Å². The molecular weight excluding hydrogens is 242 g/mol. The molecule has 1 aliphatic carbocycles. The average Bonchev–Trinajstić information content (AvgIpc) is 2.44. The molecule has 19 heavy (non-hydrogen) atoms. The number of rotatable bonds is 7. The van der Waals surface area contributed by atoms with Crippen LogP contribution in [0.5, 0.6) is 0 Å². The van der Waals surface area contributed by atoms with Gasteiger partial charge >= 0.3 is 0 Å². The van der Waals surface area contributed by atoms with E-state index in [0.717, 1.165) is 25.0 Å². The third-order valence-electron chi connectivity index (χ3n) is 4.55. The van der Waals surface area contributed by atoms with Crippen LogP contribution in [0.25, 0.3) is 0 Å². The molecule has 3 unspecified atom stereocenters. The summed E-state index contributed by atoms with van der Waals surface area (Å²) in [5.74, 6) is 0.879. The van der Waals surface area contributed by atoms with E-state index in [1.165, 1.54) is 38.5 Å². The van der Waals surface area contributed by atoms with Crippen LogP contribution in [0, 0.1) is 5.92 Å². The van der Waals surface area contributed by atoms with Crippen molar-refractivity contribution >= 4 is 0 Å². The van der Waals surface area contributed by atoms with Gasteiger partial charge in [0.05, 0.1) is 25.9 Å². The number of piperidine rings is 1. The maximum Gasteiger partial charge on any atom is 0.0900 e. The number of aliphatic hydroxyl groups is 1. The van der Waals surface area contributed by atoms with E-state index in [1.54, 1.807) is 7.11 Å². The summed E-state index contributed by atoms with van der Waals surface area (Å²) in [7, 11) is 1.66. The molecule has 0 spiro atoms. The summed E-state index contributed by atoms with van der Waals surface area (Å²) in [5.41, 5.74) is 0. The van der Waals surface area contributed by atoms with Gasteiger partial charge in [0.1, 0.15) is 0 Å². The maximum absolute atomic E-state index is 10.1. The molecule has 0 amide bonds. The van der Waals surface area contributed by atoms with Gasteiger partial charge in [-0.05, 0) is 38.1 Å². The van der Waals surface area contributed by atoms with Crippen LogP contribution in [-0.2, 0) is 9.47 Å². The Morgan fingerprint density at radius 3 is 2.79 bits per heavy atom. The normalized spacial score (nSPS) is 30.0. The molecule has 4 nitrogen and oxygen atoms in total. The summed E-state index contributed by atoms with van der Waals surface area (Å²) in [6.07, 6.45) is 7.79. The predicted octanol–water partition coefficient (Wildman–Crippen LogP) is 1.66. The van der Waals surface area contributed by atoms with Gasteiger partial charge in [0.15, 0.2) is 0 Å². The number of methoxy groups -OCH3 is 1. The standard InChI is InChI=1S/C15H29NO3/c1-18-9-10-19-12-14(17)11-16-8-4-6-13-5-2-3-7-15(13)16/h13-15,17H,2-12H2,1H3. The highest BCUT2D eigenvalue weighted by Crippen LogP contribution is 2.35. The van der Waals surface area contributed by atoms with Crippen molar-refractivity contribution in [2.24, 2.45) is 5.92 Å². The fourth-order valence-corrected chi connectivity index (χ4v) is 3.64. The van der Waals surface area contributed by atoms with Crippen LogP contribution in [0.1, 0.15) is 38.5 Å². The third-order valence-corrected chi connectivity index (χ3v) is 4.55. The Balaban J connectivity index is 1.70. The Bertz CT molecular complexity index is 248. The smallest absolute Gasteiger partial charge is 0.0900 e. The molecule has 2 rings (SSSR count). The minimum absolute atomic E-state index is 0.363. The van der Waals surface area contributed by atoms with Crippen LogP contribution in [0.4, 0.5) is 0 Å². The number of likely N-dealkylation sites (tertiary alicyclic amines) is 1. The molecule has 4 heteroatoms. The average molecular weight is 271 g/mol. The topological polar surface area (TPSA) is 41.9 Å². The number of hydrogen-bond donors (Lipinski definition) is 1. The van der Waals surface area contributed by atoms with Gasteiger partial charge < -0.3 is 14.6 Å². The minimum Gasteiger partial charge on any atom is -0.389 e. The molecule has 0 aromatic carbocycles. The van der Waals surface area contributed by atoms with E-state index in [1.807, 2.05) is 0 Å². The zero-order valence-corrected chi connectivity index (χ0v) is 12.2. The molecule has 1 saturated carbocycles. The van der Waals surface area contributed by atoms with Gasteiger partial charge in [0.25, 0.3) is 0 Å².